The molecule has 0 unspecified atom stereocenters. The Kier molecular flexibility index (Phi) is 5.71. The maximum Gasteiger partial charge on any atom is 0.163 e. The van der Waals surface area contributed by atoms with Gasteiger partial charge in [0.05, 0.1) is 12.2 Å². The molecule has 4 aromatic rings. The first kappa shape index (κ1) is 18.6. The Morgan fingerprint density at radius 1 is 0.828 bits per heavy atom. The zero-order valence-electron chi connectivity index (χ0n) is 16.1. The fraction of sp³-hybridized carbons (Fsp3) is 0.130. The van der Waals surface area contributed by atoms with Crippen molar-refractivity contribution in [2.24, 2.45) is 0 Å². The zero-order valence-corrected chi connectivity index (χ0v) is 16.1. The lowest BCUT2D eigenvalue weighted by molar-refractivity contribution is 0.325. The van der Waals surface area contributed by atoms with Gasteiger partial charge < -0.3 is 9.64 Å². The van der Waals surface area contributed by atoms with Gasteiger partial charge in [-0.25, -0.2) is 9.97 Å². The van der Waals surface area contributed by atoms with Crippen LogP contribution in [0.4, 0.5) is 5.82 Å². The Balaban J connectivity index is 1.59. The zero-order chi connectivity index (χ0) is 19.9. The molecule has 6 heteroatoms. The molecule has 3 heterocycles. The van der Waals surface area contributed by atoms with Crippen LogP contribution in [0.2, 0.25) is 0 Å². The van der Waals surface area contributed by atoms with Crippen molar-refractivity contribution in [2.75, 3.05) is 25.1 Å². The maximum atomic E-state index is 5.82. The smallest absolute Gasteiger partial charge is 0.163 e. The van der Waals surface area contributed by atoms with Crippen LogP contribution in [0.1, 0.15) is 0 Å². The van der Waals surface area contributed by atoms with Crippen molar-refractivity contribution in [1.82, 2.24) is 19.9 Å². The van der Waals surface area contributed by atoms with Crippen molar-refractivity contribution < 1.29 is 4.74 Å². The minimum absolute atomic E-state index is 0.551. The summed E-state index contributed by atoms with van der Waals surface area (Å²) < 4.78 is 5.82. The van der Waals surface area contributed by atoms with Gasteiger partial charge in [0.15, 0.2) is 5.82 Å². The summed E-state index contributed by atoms with van der Waals surface area (Å²) in [6.45, 7) is 1.24. The molecule has 0 saturated carbocycles. The molecule has 3 aromatic heterocycles. The van der Waals surface area contributed by atoms with E-state index in [9.17, 15) is 0 Å². The predicted octanol–water partition coefficient (Wildman–Crippen LogP) is 4.12. The van der Waals surface area contributed by atoms with E-state index in [-0.39, 0.29) is 0 Å². The first-order chi connectivity index (χ1) is 14.3. The number of para-hydroxylation sites is 1. The van der Waals surface area contributed by atoms with Crippen LogP contribution in [0.3, 0.4) is 0 Å². The lowest BCUT2D eigenvalue weighted by Gasteiger charge is -2.20. The van der Waals surface area contributed by atoms with Crippen LogP contribution in [-0.4, -0.2) is 40.1 Å². The summed E-state index contributed by atoms with van der Waals surface area (Å²) >= 11 is 0. The number of rotatable bonds is 7. The summed E-state index contributed by atoms with van der Waals surface area (Å²) in [4.78, 5) is 20.0. The largest absolute Gasteiger partial charge is 0.492 e. The summed E-state index contributed by atoms with van der Waals surface area (Å²) in [5.74, 6) is 2.30. The van der Waals surface area contributed by atoms with Gasteiger partial charge in [-0.3, -0.25) is 9.97 Å². The summed E-state index contributed by atoms with van der Waals surface area (Å²) in [6.07, 6.45) is 7.06. The van der Waals surface area contributed by atoms with Gasteiger partial charge in [0.25, 0.3) is 0 Å². The fourth-order valence-electron chi connectivity index (χ4n) is 2.85. The second-order valence-corrected chi connectivity index (χ2v) is 6.50. The Bertz CT molecular complexity index is 985. The minimum Gasteiger partial charge on any atom is -0.492 e. The maximum absolute atomic E-state index is 5.82. The number of anilines is 1. The van der Waals surface area contributed by atoms with E-state index >= 15 is 0 Å². The molecule has 0 aliphatic heterocycles. The highest BCUT2D eigenvalue weighted by Gasteiger charge is 2.12. The number of aromatic nitrogens is 4. The van der Waals surface area contributed by atoms with E-state index in [1.165, 1.54) is 0 Å². The Hall–Kier alpha value is -3.80. The minimum atomic E-state index is 0.551. The quantitative estimate of drug-likeness (QED) is 0.478. The molecule has 4 rings (SSSR count). The van der Waals surface area contributed by atoms with E-state index < -0.39 is 0 Å². The van der Waals surface area contributed by atoms with Crippen molar-refractivity contribution in [2.45, 2.75) is 0 Å². The van der Waals surface area contributed by atoms with Crippen LogP contribution >= 0.6 is 0 Å². The van der Waals surface area contributed by atoms with Gasteiger partial charge in [-0.05, 0) is 36.4 Å². The molecule has 0 N–H and O–H groups in total. The fourth-order valence-corrected chi connectivity index (χ4v) is 2.85. The molecule has 6 nitrogen and oxygen atoms in total. The van der Waals surface area contributed by atoms with Crippen molar-refractivity contribution in [3.05, 3.63) is 85.5 Å². The van der Waals surface area contributed by atoms with Crippen molar-refractivity contribution in [1.29, 1.82) is 0 Å². The highest BCUT2D eigenvalue weighted by molar-refractivity contribution is 5.66. The van der Waals surface area contributed by atoms with Crippen molar-refractivity contribution >= 4 is 5.82 Å². The number of nitrogens with zero attached hydrogens (tertiary/aromatic N) is 5. The van der Waals surface area contributed by atoms with E-state index in [0.29, 0.717) is 19.0 Å². The topological polar surface area (TPSA) is 64.0 Å². The molecular formula is C23H21N5O. The van der Waals surface area contributed by atoms with Crippen LogP contribution in [0, 0.1) is 0 Å². The first-order valence-electron chi connectivity index (χ1n) is 9.38. The first-order valence-corrected chi connectivity index (χ1v) is 9.38. The second kappa shape index (κ2) is 8.93. The summed E-state index contributed by atoms with van der Waals surface area (Å²) in [5, 5.41) is 0. The molecule has 0 amide bonds. The number of hydrogen-bond acceptors (Lipinski definition) is 6. The van der Waals surface area contributed by atoms with Gasteiger partial charge in [-0.2, -0.15) is 0 Å². The Morgan fingerprint density at radius 2 is 1.55 bits per heavy atom. The molecule has 0 bridgehead atoms. The lowest BCUT2D eigenvalue weighted by Crippen LogP contribution is -2.25. The van der Waals surface area contributed by atoms with E-state index in [4.69, 9.17) is 14.7 Å². The number of hydrogen-bond donors (Lipinski definition) is 0. The van der Waals surface area contributed by atoms with Crippen LogP contribution in [-0.2, 0) is 0 Å². The molecule has 0 spiro atoms. The van der Waals surface area contributed by atoms with Crippen LogP contribution in [0.25, 0.3) is 22.6 Å². The second-order valence-electron chi connectivity index (χ2n) is 6.50. The number of likely N-dealkylation sites (N-methyl/N-ethyl adjacent to an activating group) is 1. The lowest BCUT2D eigenvalue weighted by atomic mass is 10.2. The van der Waals surface area contributed by atoms with Gasteiger partial charge in [0.2, 0.25) is 0 Å². The molecule has 0 saturated heterocycles. The third-order valence-electron chi connectivity index (χ3n) is 4.42. The molecule has 0 aliphatic rings. The predicted molar refractivity (Wildman–Crippen MR) is 114 cm³/mol. The average Bonchev–Trinajstić information content (AvgIpc) is 2.80. The molecular weight excluding hydrogens is 362 g/mol. The van der Waals surface area contributed by atoms with Crippen LogP contribution < -0.4 is 9.64 Å². The Morgan fingerprint density at radius 3 is 2.24 bits per heavy atom. The van der Waals surface area contributed by atoms with Gasteiger partial charge in [-0.15, -0.1) is 0 Å². The molecule has 0 atom stereocenters. The number of ether oxygens (including phenoxy) is 1. The molecule has 1 aromatic carbocycles. The normalized spacial score (nSPS) is 10.5. The molecule has 0 aliphatic carbocycles. The van der Waals surface area contributed by atoms with Crippen LogP contribution in [0.15, 0.2) is 85.5 Å². The third kappa shape index (κ3) is 4.73. The summed E-state index contributed by atoms with van der Waals surface area (Å²) in [7, 11) is 2.00. The van der Waals surface area contributed by atoms with Gasteiger partial charge in [0.1, 0.15) is 18.2 Å². The SMILES string of the molecule is CN(CCOc1ccccc1)c1cc(-c2cccnc2)nc(-c2cccnc2)n1. The van der Waals surface area contributed by atoms with Gasteiger partial charge in [0, 0.05) is 49.0 Å². The highest BCUT2D eigenvalue weighted by atomic mass is 16.5. The average molecular weight is 383 g/mol. The molecule has 144 valence electrons. The van der Waals surface area contributed by atoms with Gasteiger partial charge in [-0.1, -0.05) is 18.2 Å². The molecule has 29 heavy (non-hydrogen) atoms. The highest BCUT2D eigenvalue weighted by Crippen LogP contribution is 2.25. The number of benzene rings is 1. The standard InChI is InChI=1S/C23H21N5O/c1-28(13-14-29-20-9-3-2-4-10-20)22-15-21(18-7-5-11-24-16-18)26-23(27-22)19-8-6-12-25-17-19/h2-12,15-17H,13-14H2,1H3. The third-order valence-corrected chi connectivity index (χ3v) is 4.42. The monoisotopic (exact) mass is 383 g/mol. The van der Waals surface area contributed by atoms with Crippen LogP contribution in [0.5, 0.6) is 5.75 Å². The van der Waals surface area contributed by atoms with E-state index in [0.717, 1.165) is 28.4 Å². The van der Waals surface area contributed by atoms with Crippen molar-refractivity contribution in [3.63, 3.8) is 0 Å². The number of pyridine rings is 2. The van der Waals surface area contributed by atoms with E-state index in [1.54, 1.807) is 24.8 Å². The molecule has 0 fully saturated rings. The summed E-state index contributed by atoms with van der Waals surface area (Å²) in [5.41, 5.74) is 2.63. The molecule has 0 radical (unpaired) electrons. The van der Waals surface area contributed by atoms with Gasteiger partial charge >= 0.3 is 0 Å². The van der Waals surface area contributed by atoms with Crippen molar-refractivity contribution in [3.8, 4) is 28.4 Å². The van der Waals surface area contributed by atoms with E-state index in [2.05, 4.69) is 14.9 Å². The summed E-state index contributed by atoms with van der Waals surface area (Å²) in [6, 6.07) is 19.5. The Labute approximate surface area is 169 Å². The van der Waals surface area contributed by atoms with E-state index in [1.807, 2.05) is 67.7 Å².